The highest BCUT2D eigenvalue weighted by molar-refractivity contribution is 5.83. The number of carbonyl (C=O) groups excluding carboxylic acids is 1. The van der Waals surface area contributed by atoms with Crippen LogP contribution in [0.15, 0.2) is 6.07 Å². The topological polar surface area (TPSA) is 110 Å². The number of primary amides is 1. The third-order valence-electron chi connectivity index (χ3n) is 3.11. The zero-order valence-corrected chi connectivity index (χ0v) is 10.4. The molecule has 0 radical (unpaired) electrons. The van der Waals surface area contributed by atoms with E-state index in [1.165, 1.54) is 0 Å². The van der Waals surface area contributed by atoms with E-state index >= 15 is 0 Å². The molecule has 2 heterocycles. The van der Waals surface area contributed by atoms with E-state index < -0.39 is 0 Å². The second-order valence-corrected chi connectivity index (χ2v) is 4.33. The molecular weight excluding hydrogens is 232 g/mol. The van der Waals surface area contributed by atoms with Gasteiger partial charge in [-0.15, -0.1) is 0 Å². The lowest BCUT2D eigenvalue weighted by Gasteiger charge is -2.34. The van der Waals surface area contributed by atoms with Crippen LogP contribution in [0.5, 0.6) is 0 Å². The first kappa shape index (κ1) is 12.4. The van der Waals surface area contributed by atoms with Crippen LogP contribution in [0, 0.1) is 0 Å². The van der Waals surface area contributed by atoms with Crippen molar-refractivity contribution in [1.29, 1.82) is 0 Å². The Kier molecular flexibility index (Phi) is 3.50. The second kappa shape index (κ2) is 5.07. The lowest BCUT2D eigenvalue weighted by atomic mass is 10.0. The Balaban J connectivity index is 2.33. The molecule has 1 unspecified atom stereocenters. The van der Waals surface area contributed by atoms with Crippen LogP contribution in [0.1, 0.15) is 19.3 Å². The van der Waals surface area contributed by atoms with Gasteiger partial charge in [0.2, 0.25) is 11.9 Å². The van der Waals surface area contributed by atoms with Crippen molar-refractivity contribution in [3.05, 3.63) is 6.07 Å². The number of nitrogens with two attached hydrogens (primary N) is 2. The summed E-state index contributed by atoms with van der Waals surface area (Å²) >= 11 is 0. The highest BCUT2D eigenvalue weighted by Gasteiger charge is 2.28. The number of nitrogen functional groups attached to an aromatic ring is 1. The summed E-state index contributed by atoms with van der Waals surface area (Å²) in [5.74, 6) is 1.14. The summed E-state index contributed by atoms with van der Waals surface area (Å²) in [5.41, 5.74) is 11.1. The summed E-state index contributed by atoms with van der Waals surface area (Å²) in [6.07, 6.45) is 2.78. The first-order chi connectivity index (χ1) is 8.61. The van der Waals surface area contributed by atoms with Crippen LogP contribution in [-0.4, -0.2) is 35.5 Å². The molecule has 0 spiro atoms. The Morgan fingerprint density at radius 2 is 2.28 bits per heavy atom. The number of carbonyl (C=O) groups is 1. The minimum absolute atomic E-state index is 0.186. The van der Waals surface area contributed by atoms with Crippen molar-refractivity contribution >= 4 is 23.5 Å². The van der Waals surface area contributed by atoms with Crippen molar-refractivity contribution in [2.45, 2.75) is 25.3 Å². The van der Waals surface area contributed by atoms with Crippen LogP contribution >= 0.6 is 0 Å². The van der Waals surface area contributed by atoms with Gasteiger partial charge >= 0.3 is 0 Å². The molecular formula is C11H18N6O. The number of nitrogens with one attached hydrogen (secondary N) is 1. The van der Waals surface area contributed by atoms with Crippen LogP contribution < -0.4 is 21.7 Å². The standard InChI is InChI=1S/C11H18N6O/c1-14-8-6-9(16-11(13)15-8)17-5-3-2-4-7(17)10(12)18/h6-7H,2-5H2,1H3,(H2,12,18)(H3,13,14,15,16). The molecule has 2 rings (SSSR count). The number of rotatable bonds is 3. The van der Waals surface area contributed by atoms with E-state index in [9.17, 15) is 4.79 Å². The third kappa shape index (κ3) is 2.44. The zero-order chi connectivity index (χ0) is 13.1. The Bertz CT molecular complexity index is 449. The summed E-state index contributed by atoms with van der Waals surface area (Å²) in [6, 6.07) is 1.47. The number of hydrogen-bond donors (Lipinski definition) is 3. The van der Waals surface area contributed by atoms with Crippen LogP contribution in [0.25, 0.3) is 0 Å². The van der Waals surface area contributed by atoms with Gasteiger partial charge in [-0.2, -0.15) is 9.97 Å². The molecule has 98 valence electrons. The van der Waals surface area contributed by atoms with Gasteiger partial charge in [-0.1, -0.05) is 0 Å². The summed E-state index contributed by atoms with van der Waals surface area (Å²) < 4.78 is 0. The van der Waals surface area contributed by atoms with Crippen molar-refractivity contribution in [2.24, 2.45) is 5.73 Å². The molecule has 5 N–H and O–H groups in total. The fourth-order valence-corrected chi connectivity index (χ4v) is 2.23. The Labute approximate surface area is 106 Å². The molecule has 1 aromatic heterocycles. The maximum absolute atomic E-state index is 11.5. The minimum Gasteiger partial charge on any atom is -0.373 e. The number of aromatic nitrogens is 2. The average Bonchev–Trinajstić information content (AvgIpc) is 2.38. The highest BCUT2D eigenvalue weighted by Crippen LogP contribution is 2.25. The van der Waals surface area contributed by atoms with Crippen molar-refractivity contribution in [1.82, 2.24) is 9.97 Å². The van der Waals surface area contributed by atoms with E-state index in [1.54, 1.807) is 13.1 Å². The monoisotopic (exact) mass is 250 g/mol. The molecule has 1 fully saturated rings. The Morgan fingerprint density at radius 3 is 2.94 bits per heavy atom. The summed E-state index contributed by atoms with van der Waals surface area (Å²) in [7, 11) is 1.76. The fourth-order valence-electron chi connectivity index (χ4n) is 2.23. The predicted octanol–water partition coefficient (Wildman–Crippen LogP) is -0.0553. The second-order valence-electron chi connectivity index (χ2n) is 4.33. The molecule has 7 nitrogen and oxygen atoms in total. The van der Waals surface area contributed by atoms with E-state index in [0.717, 1.165) is 25.8 Å². The van der Waals surface area contributed by atoms with E-state index in [0.29, 0.717) is 11.6 Å². The number of piperidine rings is 1. The molecule has 7 heteroatoms. The maximum atomic E-state index is 11.5. The quantitative estimate of drug-likeness (QED) is 0.693. The van der Waals surface area contributed by atoms with Gasteiger partial charge in [0.15, 0.2) is 0 Å². The van der Waals surface area contributed by atoms with Gasteiger partial charge in [0.05, 0.1) is 0 Å². The van der Waals surface area contributed by atoms with Gasteiger partial charge in [0.25, 0.3) is 0 Å². The largest absolute Gasteiger partial charge is 0.373 e. The summed E-state index contributed by atoms with van der Waals surface area (Å²) in [6.45, 7) is 0.757. The molecule has 0 bridgehead atoms. The molecule has 0 saturated carbocycles. The van der Waals surface area contributed by atoms with Gasteiger partial charge in [0.1, 0.15) is 17.7 Å². The maximum Gasteiger partial charge on any atom is 0.240 e. The Hall–Kier alpha value is -2.05. The predicted molar refractivity (Wildman–Crippen MR) is 70.2 cm³/mol. The van der Waals surface area contributed by atoms with Crippen molar-refractivity contribution < 1.29 is 4.79 Å². The zero-order valence-electron chi connectivity index (χ0n) is 10.4. The Morgan fingerprint density at radius 1 is 1.50 bits per heavy atom. The van der Waals surface area contributed by atoms with Crippen LogP contribution in [0.4, 0.5) is 17.6 Å². The van der Waals surface area contributed by atoms with E-state index in [1.807, 2.05) is 4.90 Å². The normalized spacial score (nSPS) is 19.6. The summed E-state index contributed by atoms with van der Waals surface area (Å²) in [4.78, 5) is 21.6. The van der Waals surface area contributed by atoms with Crippen molar-refractivity contribution in [2.75, 3.05) is 29.5 Å². The molecule has 1 amide bonds. The van der Waals surface area contributed by atoms with Crippen molar-refractivity contribution in [3.8, 4) is 0 Å². The fraction of sp³-hybridized carbons (Fsp3) is 0.545. The first-order valence-corrected chi connectivity index (χ1v) is 6.00. The van der Waals surface area contributed by atoms with E-state index in [-0.39, 0.29) is 17.9 Å². The van der Waals surface area contributed by atoms with Gasteiger partial charge < -0.3 is 21.7 Å². The van der Waals surface area contributed by atoms with Crippen LogP contribution in [0.2, 0.25) is 0 Å². The van der Waals surface area contributed by atoms with Gasteiger partial charge in [0, 0.05) is 19.7 Å². The van der Waals surface area contributed by atoms with Gasteiger partial charge in [-0.05, 0) is 19.3 Å². The number of anilines is 3. The summed E-state index contributed by atoms with van der Waals surface area (Å²) in [5, 5.41) is 2.92. The van der Waals surface area contributed by atoms with Gasteiger partial charge in [-0.3, -0.25) is 4.79 Å². The molecule has 18 heavy (non-hydrogen) atoms. The van der Waals surface area contributed by atoms with Crippen molar-refractivity contribution in [3.63, 3.8) is 0 Å². The molecule has 1 aliphatic rings. The lowest BCUT2D eigenvalue weighted by Crippen LogP contribution is -2.48. The van der Waals surface area contributed by atoms with Crippen LogP contribution in [0.3, 0.4) is 0 Å². The molecule has 1 saturated heterocycles. The smallest absolute Gasteiger partial charge is 0.240 e. The SMILES string of the molecule is CNc1cc(N2CCCCC2C(N)=O)nc(N)n1. The molecule has 1 aliphatic heterocycles. The van der Waals surface area contributed by atoms with Gasteiger partial charge in [-0.25, -0.2) is 0 Å². The molecule has 0 aliphatic carbocycles. The molecule has 1 atom stereocenters. The highest BCUT2D eigenvalue weighted by atomic mass is 16.1. The lowest BCUT2D eigenvalue weighted by molar-refractivity contribution is -0.119. The first-order valence-electron chi connectivity index (χ1n) is 6.00. The number of amides is 1. The minimum atomic E-state index is -0.321. The average molecular weight is 250 g/mol. The molecule has 0 aromatic carbocycles. The van der Waals surface area contributed by atoms with Crippen LogP contribution in [-0.2, 0) is 4.79 Å². The number of hydrogen-bond acceptors (Lipinski definition) is 6. The van der Waals surface area contributed by atoms with E-state index in [4.69, 9.17) is 11.5 Å². The third-order valence-corrected chi connectivity index (χ3v) is 3.11. The van der Waals surface area contributed by atoms with E-state index in [2.05, 4.69) is 15.3 Å². The number of nitrogens with zero attached hydrogens (tertiary/aromatic N) is 3. The molecule has 1 aromatic rings.